The summed E-state index contributed by atoms with van der Waals surface area (Å²) in [4.78, 5) is 15.3. The molecule has 2 aromatic heterocycles. The molecule has 0 bridgehead atoms. The van der Waals surface area contributed by atoms with E-state index in [0.717, 1.165) is 41.4 Å². The summed E-state index contributed by atoms with van der Waals surface area (Å²) < 4.78 is 8.38. The first-order valence-corrected chi connectivity index (χ1v) is 7.37. The van der Waals surface area contributed by atoms with Gasteiger partial charge in [-0.15, -0.1) is 0 Å². The fraction of sp³-hybridized carbons (Fsp3) is 0.462. The van der Waals surface area contributed by atoms with Gasteiger partial charge in [-0.2, -0.15) is 5.10 Å². The summed E-state index contributed by atoms with van der Waals surface area (Å²) >= 11 is 3.44. The van der Waals surface area contributed by atoms with E-state index in [1.165, 1.54) is 6.92 Å². The Morgan fingerprint density at radius 1 is 1.55 bits per heavy atom. The number of fused-ring (bicyclic) bond motifs is 1. The van der Waals surface area contributed by atoms with E-state index in [-0.39, 0.29) is 12.1 Å². The highest BCUT2D eigenvalue weighted by atomic mass is 79.9. The zero-order valence-electron chi connectivity index (χ0n) is 11.1. The first-order chi connectivity index (χ1) is 9.65. The second-order valence-corrected chi connectivity index (χ2v) is 5.58. The molecule has 2 aromatic rings. The van der Waals surface area contributed by atoms with Gasteiger partial charge in [-0.1, -0.05) is 0 Å². The van der Waals surface area contributed by atoms with Gasteiger partial charge < -0.3 is 10.1 Å². The van der Waals surface area contributed by atoms with Crippen molar-refractivity contribution in [1.29, 1.82) is 0 Å². The van der Waals surface area contributed by atoms with Gasteiger partial charge in [0.15, 0.2) is 6.23 Å². The van der Waals surface area contributed by atoms with Crippen LogP contribution in [0, 0.1) is 0 Å². The monoisotopic (exact) mass is 338 g/mol. The quantitative estimate of drug-likeness (QED) is 0.914. The Kier molecular flexibility index (Phi) is 3.71. The fourth-order valence-electron chi connectivity index (χ4n) is 2.38. The van der Waals surface area contributed by atoms with Crippen LogP contribution in [-0.2, 0) is 9.53 Å². The molecule has 1 saturated heterocycles. The van der Waals surface area contributed by atoms with Crippen LogP contribution in [0.3, 0.4) is 0 Å². The fourth-order valence-corrected chi connectivity index (χ4v) is 2.86. The number of hydrogen-bond donors (Lipinski definition) is 1. The number of amides is 1. The van der Waals surface area contributed by atoms with Crippen molar-refractivity contribution in [3.05, 3.63) is 16.9 Å². The summed E-state index contributed by atoms with van der Waals surface area (Å²) in [7, 11) is 0. The maximum atomic E-state index is 11.1. The van der Waals surface area contributed by atoms with Crippen LogP contribution in [0.1, 0.15) is 32.4 Å². The van der Waals surface area contributed by atoms with Gasteiger partial charge in [-0.25, -0.2) is 9.67 Å². The van der Waals surface area contributed by atoms with Crippen molar-refractivity contribution in [3.8, 4) is 0 Å². The Hall–Kier alpha value is -1.47. The summed E-state index contributed by atoms with van der Waals surface area (Å²) in [5, 5.41) is 8.09. The van der Waals surface area contributed by atoms with Crippen LogP contribution >= 0.6 is 15.9 Å². The highest BCUT2D eigenvalue weighted by Crippen LogP contribution is 2.30. The molecule has 0 aliphatic carbocycles. The molecule has 7 heteroatoms. The Labute approximate surface area is 124 Å². The minimum absolute atomic E-state index is 0.0508. The lowest BCUT2D eigenvalue weighted by Gasteiger charge is -2.23. The number of carbonyl (C=O) groups excluding carboxylic acids is 1. The van der Waals surface area contributed by atoms with Gasteiger partial charge in [0.05, 0.1) is 10.9 Å². The van der Waals surface area contributed by atoms with Crippen molar-refractivity contribution < 1.29 is 9.53 Å². The minimum atomic E-state index is -0.143. The van der Waals surface area contributed by atoms with Crippen LogP contribution in [0.25, 0.3) is 10.9 Å². The average molecular weight is 339 g/mol. The van der Waals surface area contributed by atoms with Crippen molar-refractivity contribution in [1.82, 2.24) is 14.8 Å². The van der Waals surface area contributed by atoms with Crippen molar-refractivity contribution in [2.24, 2.45) is 0 Å². The van der Waals surface area contributed by atoms with E-state index in [9.17, 15) is 4.79 Å². The number of ether oxygens (including phenoxy) is 1. The SMILES string of the molecule is CC(=O)Nc1cc2c(cn1)c(Br)nn2C1CCCCO1. The molecule has 1 unspecified atom stereocenters. The standard InChI is InChI=1S/C13H15BrN4O2/c1-8(19)16-11-6-10-9(7-15-11)13(14)17-18(10)12-4-2-3-5-20-12/h6-7,12H,2-5H2,1H3,(H,15,16,19). The predicted molar refractivity (Wildman–Crippen MR) is 78.4 cm³/mol. The first kappa shape index (κ1) is 13.5. The number of halogens is 1. The van der Waals surface area contributed by atoms with E-state index in [1.807, 2.05) is 10.7 Å². The van der Waals surface area contributed by atoms with Gasteiger partial charge in [0.1, 0.15) is 10.4 Å². The van der Waals surface area contributed by atoms with Crippen LogP contribution in [0.2, 0.25) is 0 Å². The van der Waals surface area contributed by atoms with Gasteiger partial charge >= 0.3 is 0 Å². The number of pyridine rings is 1. The van der Waals surface area contributed by atoms with Gasteiger partial charge in [-0.3, -0.25) is 4.79 Å². The van der Waals surface area contributed by atoms with Crippen molar-refractivity contribution in [3.63, 3.8) is 0 Å². The second-order valence-electron chi connectivity index (χ2n) is 4.82. The lowest BCUT2D eigenvalue weighted by atomic mass is 10.2. The van der Waals surface area contributed by atoms with E-state index >= 15 is 0 Å². The molecule has 1 atom stereocenters. The number of nitrogens with zero attached hydrogens (tertiary/aromatic N) is 3. The molecule has 20 heavy (non-hydrogen) atoms. The second kappa shape index (κ2) is 5.49. The molecule has 1 N–H and O–H groups in total. The Bertz CT molecular complexity index is 649. The third-order valence-electron chi connectivity index (χ3n) is 3.28. The van der Waals surface area contributed by atoms with E-state index in [4.69, 9.17) is 4.74 Å². The Balaban J connectivity index is 2.04. The third kappa shape index (κ3) is 2.55. The van der Waals surface area contributed by atoms with E-state index in [0.29, 0.717) is 5.82 Å². The number of rotatable bonds is 2. The normalized spacial score (nSPS) is 19.2. The molecule has 1 aliphatic rings. The van der Waals surface area contributed by atoms with E-state index in [1.54, 1.807) is 6.20 Å². The molecular weight excluding hydrogens is 324 g/mol. The molecule has 3 rings (SSSR count). The smallest absolute Gasteiger partial charge is 0.222 e. The number of nitrogens with one attached hydrogen (secondary N) is 1. The number of anilines is 1. The molecule has 1 aliphatic heterocycles. The highest BCUT2D eigenvalue weighted by molar-refractivity contribution is 9.10. The summed E-state index contributed by atoms with van der Waals surface area (Å²) in [5.41, 5.74) is 0.905. The van der Waals surface area contributed by atoms with E-state index < -0.39 is 0 Å². The first-order valence-electron chi connectivity index (χ1n) is 6.58. The lowest BCUT2D eigenvalue weighted by molar-refractivity contribution is -0.114. The maximum absolute atomic E-state index is 11.1. The zero-order valence-corrected chi connectivity index (χ0v) is 12.7. The summed E-state index contributed by atoms with van der Waals surface area (Å²) in [6.07, 6.45) is 4.83. The number of hydrogen-bond acceptors (Lipinski definition) is 4. The van der Waals surface area contributed by atoms with Gasteiger partial charge in [0, 0.05) is 25.8 Å². The molecule has 1 amide bonds. The number of aromatic nitrogens is 3. The lowest BCUT2D eigenvalue weighted by Crippen LogP contribution is -2.19. The highest BCUT2D eigenvalue weighted by Gasteiger charge is 2.20. The average Bonchev–Trinajstić information content (AvgIpc) is 2.76. The Morgan fingerprint density at radius 3 is 3.10 bits per heavy atom. The molecular formula is C13H15BrN4O2. The summed E-state index contributed by atoms with van der Waals surface area (Å²) in [5.74, 6) is 0.380. The molecule has 0 spiro atoms. The van der Waals surface area contributed by atoms with Crippen LogP contribution < -0.4 is 5.32 Å². The van der Waals surface area contributed by atoms with Crippen molar-refractivity contribution in [2.75, 3.05) is 11.9 Å². The van der Waals surface area contributed by atoms with Gasteiger partial charge in [0.25, 0.3) is 0 Å². The van der Waals surface area contributed by atoms with Gasteiger partial charge in [0.2, 0.25) is 5.91 Å². The van der Waals surface area contributed by atoms with Crippen LogP contribution in [0.5, 0.6) is 0 Å². The molecule has 0 saturated carbocycles. The molecule has 3 heterocycles. The number of carbonyl (C=O) groups is 1. The van der Waals surface area contributed by atoms with Crippen LogP contribution in [-0.4, -0.2) is 27.3 Å². The molecule has 1 fully saturated rings. The van der Waals surface area contributed by atoms with Gasteiger partial charge in [-0.05, 0) is 35.2 Å². The van der Waals surface area contributed by atoms with Crippen LogP contribution in [0.4, 0.5) is 5.82 Å². The molecule has 0 radical (unpaired) electrons. The summed E-state index contributed by atoms with van der Waals surface area (Å²) in [6.45, 7) is 2.22. The van der Waals surface area contributed by atoms with Crippen LogP contribution in [0.15, 0.2) is 16.9 Å². The topological polar surface area (TPSA) is 69.0 Å². The molecule has 0 aromatic carbocycles. The van der Waals surface area contributed by atoms with Crippen molar-refractivity contribution >= 4 is 38.6 Å². The maximum Gasteiger partial charge on any atom is 0.222 e. The Morgan fingerprint density at radius 2 is 2.40 bits per heavy atom. The predicted octanol–water partition coefficient (Wildman–Crippen LogP) is 2.85. The van der Waals surface area contributed by atoms with E-state index in [2.05, 4.69) is 31.3 Å². The zero-order chi connectivity index (χ0) is 14.1. The van der Waals surface area contributed by atoms with Crippen molar-refractivity contribution in [2.45, 2.75) is 32.4 Å². The minimum Gasteiger partial charge on any atom is -0.356 e. The largest absolute Gasteiger partial charge is 0.356 e. The third-order valence-corrected chi connectivity index (χ3v) is 3.87. The molecule has 6 nitrogen and oxygen atoms in total. The summed E-state index contributed by atoms with van der Waals surface area (Å²) in [6, 6.07) is 1.83. The molecule has 106 valence electrons.